The molecule has 0 aromatic heterocycles. The fraction of sp³-hybridized carbons (Fsp3) is 0.0909. The number of non-ortho nitro benzene ring substituents is 1. The third kappa shape index (κ3) is 6.72. The normalized spacial score (nSPS) is 11.3. The summed E-state index contributed by atoms with van der Waals surface area (Å²) in [6, 6.07) is 11.6. The molecular formula is C22H16BrCl2N3O7S. The zero-order valence-electron chi connectivity index (χ0n) is 18.3. The first-order valence-electron chi connectivity index (χ1n) is 9.95. The third-order valence-corrected chi connectivity index (χ3v) is 6.99. The van der Waals surface area contributed by atoms with Crippen LogP contribution in [0.5, 0.6) is 11.5 Å². The standard InChI is InChI=1S/C22H16BrCl2N3O7S/c1-2-34-20-10-13(12-26-27-22(29)14-3-8-18(24)19(25)11-14)9-17(23)21(20)35-36(32,33)16-6-4-15(5-7-16)28(30)31/h3-12H,2H2,1H3,(H,27,29)/b26-12-. The highest BCUT2D eigenvalue weighted by molar-refractivity contribution is 9.10. The van der Waals surface area contributed by atoms with Crippen LogP contribution in [-0.2, 0) is 10.1 Å². The molecule has 0 atom stereocenters. The van der Waals surface area contributed by atoms with E-state index in [1.165, 1.54) is 36.5 Å². The number of benzene rings is 3. The van der Waals surface area contributed by atoms with Crippen LogP contribution < -0.4 is 14.3 Å². The lowest BCUT2D eigenvalue weighted by molar-refractivity contribution is -0.384. The summed E-state index contributed by atoms with van der Waals surface area (Å²) in [4.78, 5) is 22.1. The summed E-state index contributed by atoms with van der Waals surface area (Å²) < 4.78 is 36.5. The summed E-state index contributed by atoms with van der Waals surface area (Å²) in [5, 5.41) is 15.2. The van der Waals surface area contributed by atoms with Crippen molar-refractivity contribution >= 4 is 67.1 Å². The highest BCUT2D eigenvalue weighted by atomic mass is 79.9. The Hall–Kier alpha value is -3.19. The minimum atomic E-state index is -4.34. The van der Waals surface area contributed by atoms with Crippen LogP contribution in [0.2, 0.25) is 10.0 Å². The molecule has 3 aromatic rings. The number of rotatable bonds is 9. The van der Waals surface area contributed by atoms with Crippen LogP contribution in [0.25, 0.3) is 0 Å². The van der Waals surface area contributed by atoms with E-state index in [4.69, 9.17) is 32.1 Å². The van der Waals surface area contributed by atoms with Crippen molar-refractivity contribution in [3.8, 4) is 11.5 Å². The number of amides is 1. The number of hydrogen-bond donors (Lipinski definition) is 1. The van der Waals surface area contributed by atoms with Crippen LogP contribution in [0.15, 0.2) is 69.1 Å². The lowest BCUT2D eigenvalue weighted by Crippen LogP contribution is -2.17. The lowest BCUT2D eigenvalue weighted by Gasteiger charge is -2.14. The quantitative estimate of drug-likeness (QED) is 0.143. The second-order valence-electron chi connectivity index (χ2n) is 6.88. The summed E-state index contributed by atoms with van der Waals surface area (Å²) >= 11 is 15.0. The lowest BCUT2D eigenvalue weighted by atomic mass is 10.2. The smallest absolute Gasteiger partial charge is 0.339 e. The van der Waals surface area contributed by atoms with Crippen molar-refractivity contribution < 1.29 is 27.1 Å². The molecule has 1 N–H and O–H groups in total. The van der Waals surface area contributed by atoms with E-state index < -0.39 is 20.9 Å². The van der Waals surface area contributed by atoms with Gasteiger partial charge in [-0.3, -0.25) is 14.9 Å². The number of nitrogens with zero attached hydrogens (tertiary/aromatic N) is 2. The Kier molecular flexibility index (Phi) is 8.90. The molecule has 0 saturated heterocycles. The summed E-state index contributed by atoms with van der Waals surface area (Å²) in [6.07, 6.45) is 1.32. The highest BCUT2D eigenvalue weighted by Crippen LogP contribution is 2.38. The summed E-state index contributed by atoms with van der Waals surface area (Å²) in [5.41, 5.74) is 2.78. The van der Waals surface area contributed by atoms with Gasteiger partial charge in [-0.05, 0) is 70.9 Å². The van der Waals surface area contributed by atoms with Gasteiger partial charge in [-0.25, -0.2) is 5.43 Å². The Balaban J connectivity index is 1.82. The van der Waals surface area contributed by atoms with Crippen molar-refractivity contribution in [3.63, 3.8) is 0 Å². The van der Waals surface area contributed by atoms with Crippen LogP contribution in [0.1, 0.15) is 22.8 Å². The van der Waals surface area contributed by atoms with Crippen molar-refractivity contribution in [1.29, 1.82) is 0 Å². The zero-order valence-corrected chi connectivity index (χ0v) is 22.2. The molecule has 0 fully saturated rings. The topological polar surface area (TPSA) is 137 Å². The van der Waals surface area contributed by atoms with Gasteiger partial charge < -0.3 is 8.92 Å². The van der Waals surface area contributed by atoms with Crippen molar-refractivity contribution in [3.05, 3.63) is 90.4 Å². The van der Waals surface area contributed by atoms with Gasteiger partial charge in [0.25, 0.3) is 11.6 Å². The minimum Gasteiger partial charge on any atom is -0.490 e. The highest BCUT2D eigenvalue weighted by Gasteiger charge is 2.23. The molecule has 3 aromatic carbocycles. The largest absolute Gasteiger partial charge is 0.490 e. The molecule has 0 aliphatic heterocycles. The fourth-order valence-corrected chi connectivity index (χ4v) is 4.67. The number of hydrogen-bond acceptors (Lipinski definition) is 8. The summed E-state index contributed by atoms with van der Waals surface area (Å²) in [7, 11) is -4.34. The van der Waals surface area contributed by atoms with E-state index in [2.05, 4.69) is 26.5 Å². The number of carbonyl (C=O) groups excluding carboxylic acids is 1. The Morgan fingerprint density at radius 1 is 1.14 bits per heavy atom. The average Bonchev–Trinajstić information content (AvgIpc) is 2.83. The Morgan fingerprint density at radius 2 is 1.83 bits per heavy atom. The molecule has 1 amide bonds. The van der Waals surface area contributed by atoms with Crippen molar-refractivity contribution in [2.75, 3.05) is 6.61 Å². The SMILES string of the molecule is CCOc1cc(/C=N\NC(=O)c2ccc(Cl)c(Cl)c2)cc(Br)c1OS(=O)(=O)c1ccc([N+](=O)[O-])cc1. The molecule has 0 radical (unpaired) electrons. The molecule has 36 heavy (non-hydrogen) atoms. The van der Waals surface area contributed by atoms with E-state index in [0.717, 1.165) is 24.3 Å². The number of nitrogens with one attached hydrogen (secondary N) is 1. The molecule has 188 valence electrons. The van der Waals surface area contributed by atoms with E-state index >= 15 is 0 Å². The van der Waals surface area contributed by atoms with E-state index in [0.29, 0.717) is 10.6 Å². The van der Waals surface area contributed by atoms with Gasteiger partial charge in [0.1, 0.15) is 4.90 Å². The number of ether oxygens (including phenoxy) is 1. The van der Waals surface area contributed by atoms with Crippen LogP contribution in [0.3, 0.4) is 0 Å². The molecule has 0 spiro atoms. The predicted octanol–water partition coefficient (Wildman–Crippen LogP) is 5.59. The molecule has 3 rings (SSSR count). The maximum Gasteiger partial charge on any atom is 0.339 e. The third-order valence-electron chi connectivity index (χ3n) is 4.42. The average molecular weight is 617 g/mol. The van der Waals surface area contributed by atoms with Crippen LogP contribution in [0, 0.1) is 10.1 Å². The fourth-order valence-electron chi connectivity index (χ4n) is 2.77. The number of nitro groups is 1. The number of nitro benzene ring substituents is 1. The molecule has 0 bridgehead atoms. The first kappa shape index (κ1) is 27.4. The van der Waals surface area contributed by atoms with Gasteiger partial charge in [-0.15, -0.1) is 0 Å². The van der Waals surface area contributed by atoms with Crippen molar-refractivity contribution in [2.45, 2.75) is 11.8 Å². The molecule has 0 aliphatic carbocycles. The molecule has 0 heterocycles. The predicted molar refractivity (Wildman–Crippen MR) is 138 cm³/mol. The van der Waals surface area contributed by atoms with Crippen LogP contribution >= 0.6 is 39.1 Å². The maximum absolute atomic E-state index is 12.7. The van der Waals surface area contributed by atoms with Crippen molar-refractivity contribution in [2.24, 2.45) is 5.10 Å². The summed E-state index contributed by atoms with van der Waals surface area (Å²) in [5.74, 6) is -0.579. The first-order chi connectivity index (χ1) is 17.0. The van der Waals surface area contributed by atoms with Gasteiger partial charge >= 0.3 is 10.1 Å². The zero-order chi connectivity index (χ0) is 26.5. The van der Waals surface area contributed by atoms with Gasteiger partial charge in [0.15, 0.2) is 11.5 Å². The Labute approximate surface area is 224 Å². The first-order valence-corrected chi connectivity index (χ1v) is 12.9. The van der Waals surface area contributed by atoms with Gasteiger partial charge in [0.05, 0.1) is 32.3 Å². The van der Waals surface area contributed by atoms with Gasteiger partial charge in [-0.1, -0.05) is 23.2 Å². The van der Waals surface area contributed by atoms with Crippen LogP contribution in [0.4, 0.5) is 5.69 Å². The molecular weight excluding hydrogens is 601 g/mol. The molecule has 0 saturated carbocycles. The Bertz CT molecular complexity index is 1450. The van der Waals surface area contributed by atoms with E-state index in [1.54, 1.807) is 6.92 Å². The van der Waals surface area contributed by atoms with Crippen LogP contribution in [-0.4, -0.2) is 32.1 Å². The molecule has 14 heteroatoms. The Morgan fingerprint density at radius 3 is 2.44 bits per heavy atom. The molecule has 10 nitrogen and oxygen atoms in total. The second-order valence-corrected chi connectivity index (χ2v) is 10.1. The number of hydrazone groups is 1. The monoisotopic (exact) mass is 615 g/mol. The number of halogens is 3. The van der Waals surface area contributed by atoms with Crippen molar-refractivity contribution in [1.82, 2.24) is 5.43 Å². The summed E-state index contributed by atoms with van der Waals surface area (Å²) in [6.45, 7) is 1.88. The maximum atomic E-state index is 12.7. The van der Waals surface area contributed by atoms with E-state index in [1.807, 2.05) is 0 Å². The van der Waals surface area contributed by atoms with E-state index in [-0.39, 0.29) is 43.7 Å². The van der Waals surface area contributed by atoms with Gasteiger partial charge in [0.2, 0.25) is 0 Å². The minimum absolute atomic E-state index is 0.0784. The van der Waals surface area contributed by atoms with E-state index in [9.17, 15) is 23.3 Å². The second kappa shape index (κ2) is 11.7. The molecule has 0 aliphatic rings. The number of carbonyl (C=O) groups is 1. The van der Waals surface area contributed by atoms with Gasteiger partial charge in [-0.2, -0.15) is 13.5 Å². The van der Waals surface area contributed by atoms with Gasteiger partial charge in [0, 0.05) is 17.7 Å². The molecule has 0 unspecified atom stereocenters.